The van der Waals surface area contributed by atoms with E-state index in [4.69, 9.17) is 16.3 Å². The van der Waals surface area contributed by atoms with Crippen LogP contribution in [0.3, 0.4) is 0 Å². The van der Waals surface area contributed by atoms with Crippen LogP contribution in [-0.4, -0.2) is 44.1 Å². The summed E-state index contributed by atoms with van der Waals surface area (Å²) in [7, 11) is 1.61. The van der Waals surface area contributed by atoms with Gasteiger partial charge in [-0.25, -0.2) is 0 Å². The fourth-order valence-electron chi connectivity index (χ4n) is 3.12. The zero-order valence-corrected chi connectivity index (χ0v) is 17.0. The molecule has 1 fully saturated rings. The van der Waals surface area contributed by atoms with Crippen LogP contribution in [0.25, 0.3) is 0 Å². The number of nitriles is 1. The molecule has 0 aromatic heterocycles. The second kappa shape index (κ2) is 9.85. The number of ether oxygens (including phenoxy) is 1. The molecule has 0 saturated carbocycles. The highest BCUT2D eigenvalue weighted by atomic mass is 35.5. The van der Waals surface area contributed by atoms with E-state index in [9.17, 15) is 10.1 Å². The molecule has 2 aromatic rings. The zero-order chi connectivity index (χ0) is 20.6. The maximum Gasteiger partial charge on any atom is 0.263 e. The van der Waals surface area contributed by atoms with E-state index < -0.39 is 0 Å². The predicted molar refractivity (Wildman–Crippen MR) is 114 cm³/mol. The van der Waals surface area contributed by atoms with Crippen molar-refractivity contribution in [2.24, 2.45) is 0 Å². The highest BCUT2D eigenvalue weighted by Crippen LogP contribution is 2.21. The molecule has 0 unspecified atom stereocenters. The molecule has 1 aliphatic heterocycles. The van der Waals surface area contributed by atoms with Crippen molar-refractivity contribution >= 4 is 23.2 Å². The molecule has 6 nitrogen and oxygen atoms in total. The lowest BCUT2D eigenvalue weighted by atomic mass is 10.2. The third-order valence-electron chi connectivity index (χ3n) is 4.78. The fourth-order valence-corrected chi connectivity index (χ4v) is 3.31. The van der Waals surface area contributed by atoms with Gasteiger partial charge < -0.3 is 19.9 Å². The Balaban J connectivity index is 1.54. The van der Waals surface area contributed by atoms with Crippen LogP contribution in [0.1, 0.15) is 5.56 Å². The number of nitrogens with zero attached hydrogens (tertiary/aromatic N) is 3. The summed E-state index contributed by atoms with van der Waals surface area (Å²) in [5.74, 6) is 0.384. The Bertz CT molecular complexity index is 913. The zero-order valence-electron chi connectivity index (χ0n) is 16.3. The van der Waals surface area contributed by atoms with E-state index >= 15 is 0 Å². The number of anilines is 1. The second-order valence-electron chi connectivity index (χ2n) is 6.69. The number of hydrogen-bond acceptors (Lipinski definition) is 5. The average molecular weight is 411 g/mol. The van der Waals surface area contributed by atoms with Gasteiger partial charge in [-0.05, 0) is 35.9 Å². The molecule has 0 spiro atoms. The van der Waals surface area contributed by atoms with Gasteiger partial charge in [-0.1, -0.05) is 29.8 Å². The van der Waals surface area contributed by atoms with Gasteiger partial charge in [0.2, 0.25) is 0 Å². The maximum atomic E-state index is 12.4. The number of halogens is 1. The van der Waals surface area contributed by atoms with Crippen LogP contribution in [0, 0.1) is 11.3 Å². The molecule has 0 atom stereocenters. The molecule has 1 heterocycles. The second-order valence-corrected chi connectivity index (χ2v) is 7.12. The Kier molecular flexibility index (Phi) is 6.99. The van der Waals surface area contributed by atoms with Crippen molar-refractivity contribution < 1.29 is 9.53 Å². The van der Waals surface area contributed by atoms with E-state index in [1.165, 1.54) is 0 Å². The lowest BCUT2D eigenvalue weighted by Crippen LogP contribution is -2.44. The van der Waals surface area contributed by atoms with Crippen molar-refractivity contribution in [3.63, 3.8) is 0 Å². The number of nitrogens with one attached hydrogen (secondary N) is 1. The Morgan fingerprint density at radius 1 is 1.21 bits per heavy atom. The highest BCUT2D eigenvalue weighted by molar-refractivity contribution is 6.30. The maximum absolute atomic E-state index is 12.4. The summed E-state index contributed by atoms with van der Waals surface area (Å²) in [4.78, 5) is 16.6. The van der Waals surface area contributed by atoms with Crippen molar-refractivity contribution in [3.05, 3.63) is 70.9 Å². The van der Waals surface area contributed by atoms with Gasteiger partial charge in [0.1, 0.15) is 17.4 Å². The number of benzene rings is 2. The molecule has 1 saturated heterocycles. The van der Waals surface area contributed by atoms with Crippen molar-refractivity contribution in [1.29, 1.82) is 5.26 Å². The minimum Gasteiger partial charge on any atom is -0.497 e. The van der Waals surface area contributed by atoms with Gasteiger partial charge in [0.15, 0.2) is 0 Å². The Morgan fingerprint density at radius 3 is 2.55 bits per heavy atom. The standard InChI is InChI=1S/C22H23ClN4O2/c1-29-21-7-5-17(6-8-21)15-25-22(28)18(14-24)16-26-9-11-27(12-10-26)20-4-2-3-19(23)13-20/h2-8,13,16H,9-12,15H2,1H3,(H,25,28)/b18-16-. The molecule has 0 aliphatic carbocycles. The minimum absolute atomic E-state index is 0.106. The van der Waals surface area contributed by atoms with Gasteiger partial charge in [-0.15, -0.1) is 0 Å². The van der Waals surface area contributed by atoms with Crippen LogP contribution in [0.5, 0.6) is 5.75 Å². The molecular weight excluding hydrogens is 388 g/mol. The van der Waals surface area contributed by atoms with E-state index in [-0.39, 0.29) is 11.5 Å². The third kappa shape index (κ3) is 5.66. The lowest BCUT2D eigenvalue weighted by Gasteiger charge is -2.35. The third-order valence-corrected chi connectivity index (χ3v) is 5.01. The van der Waals surface area contributed by atoms with Crippen LogP contribution < -0.4 is 15.0 Å². The first-order valence-electron chi connectivity index (χ1n) is 9.36. The number of methoxy groups -OCH3 is 1. The number of piperazine rings is 1. The number of hydrogen-bond donors (Lipinski definition) is 1. The Labute approximate surface area is 175 Å². The van der Waals surface area contributed by atoms with Gasteiger partial charge in [0.25, 0.3) is 5.91 Å². The molecule has 0 bridgehead atoms. The topological polar surface area (TPSA) is 68.6 Å². The van der Waals surface area contributed by atoms with E-state index in [1.807, 2.05) is 59.5 Å². The van der Waals surface area contributed by atoms with Gasteiger partial charge in [0, 0.05) is 49.6 Å². The number of rotatable bonds is 6. The summed E-state index contributed by atoms with van der Waals surface area (Å²) in [5.41, 5.74) is 2.13. The van der Waals surface area contributed by atoms with E-state index in [1.54, 1.807) is 13.3 Å². The first kappa shape index (κ1) is 20.6. The van der Waals surface area contributed by atoms with Crippen molar-refractivity contribution in [2.75, 3.05) is 38.2 Å². The summed E-state index contributed by atoms with van der Waals surface area (Å²) in [6.45, 7) is 3.39. The number of amides is 1. The summed E-state index contributed by atoms with van der Waals surface area (Å²) in [6, 6.07) is 17.2. The molecule has 3 rings (SSSR count). The van der Waals surface area contributed by atoms with Gasteiger partial charge in [-0.2, -0.15) is 5.26 Å². The van der Waals surface area contributed by atoms with Crippen molar-refractivity contribution in [2.45, 2.75) is 6.54 Å². The molecule has 1 N–H and O–H groups in total. The number of carbonyl (C=O) groups is 1. The van der Waals surface area contributed by atoms with Crippen LogP contribution >= 0.6 is 11.6 Å². The molecule has 1 amide bonds. The quantitative estimate of drug-likeness (QED) is 0.585. The molecular formula is C22H23ClN4O2. The van der Waals surface area contributed by atoms with E-state index in [2.05, 4.69) is 10.2 Å². The number of carbonyl (C=O) groups excluding carboxylic acids is 1. The normalized spacial score (nSPS) is 14.3. The SMILES string of the molecule is COc1ccc(CNC(=O)/C(C#N)=C\N2CCN(c3cccc(Cl)c3)CC2)cc1. The smallest absolute Gasteiger partial charge is 0.263 e. The fraction of sp³-hybridized carbons (Fsp3) is 0.273. The monoisotopic (exact) mass is 410 g/mol. The van der Waals surface area contributed by atoms with Crippen LogP contribution in [-0.2, 0) is 11.3 Å². The van der Waals surface area contributed by atoms with Gasteiger partial charge in [0.05, 0.1) is 7.11 Å². The van der Waals surface area contributed by atoms with E-state index in [0.29, 0.717) is 11.6 Å². The van der Waals surface area contributed by atoms with Gasteiger partial charge in [-0.3, -0.25) is 4.79 Å². The summed E-state index contributed by atoms with van der Waals surface area (Å²) < 4.78 is 5.12. The summed E-state index contributed by atoms with van der Waals surface area (Å²) in [5, 5.41) is 12.9. The summed E-state index contributed by atoms with van der Waals surface area (Å²) >= 11 is 6.07. The van der Waals surface area contributed by atoms with E-state index in [0.717, 1.165) is 43.2 Å². The Morgan fingerprint density at radius 2 is 1.93 bits per heavy atom. The molecule has 29 heavy (non-hydrogen) atoms. The highest BCUT2D eigenvalue weighted by Gasteiger charge is 2.17. The molecule has 7 heteroatoms. The molecule has 1 aliphatic rings. The Hall–Kier alpha value is -3.17. The predicted octanol–water partition coefficient (Wildman–Crippen LogP) is 3.19. The summed E-state index contributed by atoms with van der Waals surface area (Å²) in [6.07, 6.45) is 1.65. The largest absolute Gasteiger partial charge is 0.497 e. The molecule has 150 valence electrons. The lowest BCUT2D eigenvalue weighted by molar-refractivity contribution is -0.117. The van der Waals surface area contributed by atoms with Crippen LogP contribution in [0.4, 0.5) is 5.69 Å². The van der Waals surface area contributed by atoms with Crippen LogP contribution in [0.15, 0.2) is 60.3 Å². The molecule has 0 radical (unpaired) electrons. The van der Waals surface area contributed by atoms with Crippen molar-refractivity contribution in [1.82, 2.24) is 10.2 Å². The van der Waals surface area contributed by atoms with Crippen molar-refractivity contribution in [3.8, 4) is 11.8 Å². The first-order valence-corrected chi connectivity index (χ1v) is 9.74. The first-order chi connectivity index (χ1) is 14.1. The van der Waals surface area contributed by atoms with Gasteiger partial charge >= 0.3 is 0 Å². The molecule has 2 aromatic carbocycles. The average Bonchev–Trinajstić information content (AvgIpc) is 2.76. The van der Waals surface area contributed by atoms with Crippen LogP contribution in [0.2, 0.25) is 5.02 Å². The minimum atomic E-state index is -0.374.